The third-order valence-electron chi connectivity index (χ3n) is 2.85. The summed E-state index contributed by atoms with van der Waals surface area (Å²) in [7, 11) is 0. The smallest absolute Gasteiger partial charge is 0.305 e. The van der Waals surface area contributed by atoms with Crippen molar-refractivity contribution >= 4 is 5.78 Å². The Balaban J connectivity index is 2.30. The van der Waals surface area contributed by atoms with Crippen molar-refractivity contribution in [1.29, 1.82) is 0 Å². The molecule has 1 aliphatic heterocycles. The van der Waals surface area contributed by atoms with Gasteiger partial charge in [-0.1, -0.05) is 0 Å². The lowest BCUT2D eigenvalue weighted by molar-refractivity contribution is -0.138. The second-order valence-corrected chi connectivity index (χ2v) is 4.25. The number of carbonyl (C=O) groups excluding carboxylic acids is 1. The van der Waals surface area contributed by atoms with Crippen LogP contribution in [-0.4, -0.2) is 24.0 Å². The fraction of sp³-hybridized carbons (Fsp3) is 0.900. The zero-order chi connectivity index (χ0) is 11.5. The van der Waals surface area contributed by atoms with Crippen molar-refractivity contribution in [3.8, 4) is 0 Å². The summed E-state index contributed by atoms with van der Waals surface area (Å²) >= 11 is 0. The Hall–Kier alpha value is -0.580. The maximum atomic E-state index is 11.9. The van der Waals surface area contributed by atoms with Gasteiger partial charge in [0.1, 0.15) is 0 Å². The molecule has 1 saturated heterocycles. The lowest BCUT2D eigenvalue weighted by Gasteiger charge is -2.22. The molecule has 5 heteroatoms. The van der Waals surface area contributed by atoms with E-state index in [1.54, 1.807) is 6.92 Å². The van der Waals surface area contributed by atoms with Crippen LogP contribution in [0.15, 0.2) is 0 Å². The Bertz CT molecular complexity index is 231. The van der Waals surface area contributed by atoms with Gasteiger partial charge in [-0.05, 0) is 32.7 Å². The zero-order valence-electron chi connectivity index (χ0n) is 8.78. The molecule has 15 heavy (non-hydrogen) atoms. The summed E-state index contributed by atoms with van der Waals surface area (Å²) < 4.78 is 35.6. The molecule has 1 N–H and O–H groups in total. The quantitative estimate of drug-likeness (QED) is 0.793. The van der Waals surface area contributed by atoms with Gasteiger partial charge in [0.05, 0.1) is 5.54 Å². The van der Waals surface area contributed by atoms with Gasteiger partial charge in [0.25, 0.3) is 0 Å². The second kappa shape index (κ2) is 4.51. The van der Waals surface area contributed by atoms with E-state index in [2.05, 4.69) is 5.32 Å². The number of rotatable bonds is 4. The van der Waals surface area contributed by atoms with Gasteiger partial charge in [0.15, 0.2) is 5.78 Å². The number of hydrogen-bond acceptors (Lipinski definition) is 2. The molecule has 1 unspecified atom stereocenters. The number of Topliss-reactive ketones (excluding diaryl/α,β-unsaturated/α-hetero) is 1. The molecule has 0 radical (unpaired) electrons. The molecule has 0 amide bonds. The van der Waals surface area contributed by atoms with Crippen LogP contribution in [0.5, 0.6) is 0 Å². The first-order valence-electron chi connectivity index (χ1n) is 5.19. The molecule has 0 aromatic carbocycles. The van der Waals surface area contributed by atoms with E-state index in [9.17, 15) is 18.0 Å². The van der Waals surface area contributed by atoms with Gasteiger partial charge in [-0.2, -0.15) is 13.2 Å². The Morgan fingerprint density at radius 2 is 2.13 bits per heavy atom. The van der Waals surface area contributed by atoms with Crippen LogP contribution in [-0.2, 0) is 4.79 Å². The lowest BCUT2D eigenvalue weighted by Crippen LogP contribution is -2.44. The fourth-order valence-corrected chi connectivity index (χ4v) is 1.86. The van der Waals surface area contributed by atoms with Crippen LogP contribution in [0.2, 0.25) is 0 Å². The molecule has 0 aromatic heterocycles. The normalized spacial score (nSPS) is 26.9. The number of ketones is 1. The number of alkyl halides is 3. The Morgan fingerprint density at radius 1 is 1.47 bits per heavy atom. The highest BCUT2D eigenvalue weighted by atomic mass is 19.4. The maximum absolute atomic E-state index is 11.9. The number of nitrogens with one attached hydrogen (secondary N) is 1. The van der Waals surface area contributed by atoms with Crippen LogP contribution in [0.25, 0.3) is 0 Å². The molecule has 1 heterocycles. The summed E-state index contributed by atoms with van der Waals surface area (Å²) in [5, 5.41) is 3.05. The molecule has 0 aromatic rings. The number of carbonyl (C=O) groups is 1. The van der Waals surface area contributed by atoms with E-state index in [4.69, 9.17) is 0 Å². The molecule has 1 rings (SSSR count). The molecular formula is C10H16F3NO. The molecule has 1 aliphatic rings. The van der Waals surface area contributed by atoms with Crippen molar-refractivity contribution in [2.75, 3.05) is 6.54 Å². The van der Waals surface area contributed by atoms with E-state index in [-0.39, 0.29) is 18.6 Å². The molecule has 88 valence electrons. The average molecular weight is 223 g/mol. The largest absolute Gasteiger partial charge is 0.389 e. The predicted molar refractivity (Wildman–Crippen MR) is 50.6 cm³/mol. The summed E-state index contributed by atoms with van der Waals surface area (Å²) in [6.07, 6.45) is -3.44. The van der Waals surface area contributed by atoms with E-state index in [1.807, 2.05) is 0 Å². The summed E-state index contributed by atoms with van der Waals surface area (Å²) in [5.41, 5.74) is -0.578. The highest BCUT2D eigenvalue weighted by molar-refractivity contribution is 5.88. The molecule has 2 nitrogen and oxygen atoms in total. The van der Waals surface area contributed by atoms with Crippen LogP contribution in [0, 0.1) is 0 Å². The third-order valence-corrected chi connectivity index (χ3v) is 2.85. The lowest BCUT2D eigenvalue weighted by atomic mass is 9.91. The van der Waals surface area contributed by atoms with Crippen LogP contribution in [0.3, 0.4) is 0 Å². The van der Waals surface area contributed by atoms with Crippen molar-refractivity contribution in [3.63, 3.8) is 0 Å². The first-order chi connectivity index (χ1) is 6.83. The molecule has 1 fully saturated rings. The van der Waals surface area contributed by atoms with Crippen molar-refractivity contribution < 1.29 is 18.0 Å². The van der Waals surface area contributed by atoms with Crippen LogP contribution in [0.1, 0.15) is 39.0 Å². The molecule has 0 bridgehead atoms. The van der Waals surface area contributed by atoms with Gasteiger partial charge in [-0.15, -0.1) is 0 Å². The Kier molecular flexibility index (Phi) is 3.76. The van der Waals surface area contributed by atoms with Crippen LogP contribution >= 0.6 is 0 Å². The summed E-state index contributed by atoms with van der Waals surface area (Å²) in [4.78, 5) is 11.6. The van der Waals surface area contributed by atoms with E-state index in [0.29, 0.717) is 0 Å². The molecule has 0 aliphatic carbocycles. The standard InChI is InChI=1S/C10H16F3NO/c1-9(5-3-7-14-9)8(15)4-2-6-10(11,12)13/h14H,2-7H2,1H3. The summed E-state index contributed by atoms with van der Waals surface area (Å²) in [6, 6.07) is 0. The molecule has 0 spiro atoms. The Labute approximate surface area is 87.2 Å². The zero-order valence-corrected chi connectivity index (χ0v) is 8.78. The summed E-state index contributed by atoms with van der Waals surface area (Å²) in [6.45, 7) is 2.55. The van der Waals surface area contributed by atoms with Gasteiger partial charge in [-0.3, -0.25) is 4.79 Å². The van der Waals surface area contributed by atoms with Gasteiger partial charge >= 0.3 is 6.18 Å². The highest BCUT2D eigenvalue weighted by Crippen LogP contribution is 2.25. The van der Waals surface area contributed by atoms with Gasteiger partial charge < -0.3 is 5.32 Å². The van der Waals surface area contributed by atoms with Crippen molar-refractivity contribution in [3.05, 3.63) is 0 Å². The monoisotopic (exact) mass is 223 g/mol. The van der Waals surface area contributed by atoms with Gasteiger partial charge in [0.2, 0.25) is 0 Å². The molecule has 1 atom stereocenters. The highest BCUT2D eigenvalue weighted by Gasteiger charge is 2.35. The van der Waals surface area contributed by atoms with Gasteiger partial charge in [0, 0.05) is 12.8 Å². The first-order valence-corrected chi connectivity index (χ1v) is 5.19. The maximum Gasteiger partial charge on any atom is 0.389 e. The minimum Gasteiger partial charge on any atom is -0.305 e. The Morgan fingerprint density at radius 3 is 2.60 bits per heavy atom. The van der Waals surface area contributed by atoms with Crippen LogP contribution < -0.4 is 5.32 Å². The fourth-order valence-electron chi connectivity index (χ4n) is 1.86. The van der Waals surface area contributed by atoms with E-state index < -0.39 is 18.1 Å². The van der Waals surface area contributed by atoms with E-state index in [1.165, 1.54) is 0 Å². The summed E-state index contributed by atoms with van der Waals surface area (Å²) in [5.74, 6) is -0.0933. The first kappa shape index (κ1) is 12.5. The van der Waals surface area contributed by atoms with Crippen molar-refractivity contribution in [1.82, 2.24) is 5.32 Å². The number of hydrogen-bond donors (Lipinski definition) is 1. The minimum atomic E-state index is -4.15. The molecular weight excluding hydrogens is 207 g/mol. The van der Waals surface area contributed by atoms with Crippen LogP contribution in [0.4, 0.5) is 13.2 Å². The minimum absolute atomic E-state index is 0.0169. The average Bonchev–Trinajstić information content (AvgIpc) is 2.51. The van der Waals surface area contributed by atoms with Crippen molar-refractivity contribution in [2.45, 2.75) is 50.7 Å². The van der Waals surface area contributed by atoms with Crippen molar-refractivity contribution in [2.24, 2.45) is 0 Å². The van der Waals surface area contributed by atoms with E-state index in [0.717, 1.165) is 19.4 Å². The van der Waals surface area contributed by atoms with E-state index >= 15 is 0 Å². The SMILES string of the molecule is CC1(C(=O)CCCC(F)(F)F)CCCN1. The van der Waals surface area contributed by atoms with Gasteiger partial charge in [-0.25, -0.2) is 0 Å². The molecule has 0 saturated carbocycles. The predicted octanol–water partition coefficient (Wildman–Crippen LogP) is 2.43. The second-order valence-electron chi connectivity index (χ2n) is 4.25. The third kappa shape index (κ3) is 3.81. The number of halogens is 3. The topological polar surface area (TPSA) is 29.1 Å².